The van der Waals surface area contributed by atoms with Crippen LogP contribution in [0, 0.1) is 10.1 Å². The molecule has 0 aliphatic rings. The van der Waals surface area contributed by atoms with E-state index in [4.69, 9.17) is 28.3 Å². The quantitative estimate of drug-likeness (QED) is 0.594. The molecule has 0 spiro atoms. The van der Waals surface area contributed by atoms with Gasteiger partial charge in [-0.05, 0) is 18.2 Å². The van der Waals surface area contributed by atoms with Gasteiger partial charge in [-0.2, -0.15) is 0 Å². The molecule has 0 unspecified atom stereocenters. The molecule has 0 saturated heterocycles. The number of hydrogen-bond acceptors (Lipinski definition) is 5. The summed E-state index contributed by atoms with van der Waals surface area (Å²) in [7, 11) is -4.38. The minimum absolute atomic E-state index is 0.239. The molecule has 2 aromatic rings. The molecule has 0 amide bonds. The highest BCUT2D eigenvalue weighted by Crippen LogP contribution is 2.32. The lowest BCUT2D eigenvalue weighted by molar-refractivity contribution is -0.383. The van der Waals surface area contributed by atoms with Crippen LogP contribution in [0.5, 0.6) is 0 Å². The Bertz CT molecular complexity index is 945. The zero-order valence-corrected chi connectivity index (χ0v) is 13.9. The number of benzene rings is 2. The van der Waals surface area contributed by atoms with Crippen LogP contribution in [0.15, 0.2) is 41.3 Å². The van der Waals surface area contributed by atoms with E-state index >= 15 is 0 Å². The molecule has 0 fully saturated rings. The number of nitro groups is 1. The topological polar surface area (TPSA) is 127 Å². The fourth-order valence-electron chi connectivity index (χ4n) is 1.82. The number of halogens is 2. The van der Waals surface area contributed by atoms with Gasteiger partial charge in [0.2, 0.25) is 0 Å². The van der Waals surface area contributed by atoms with Crippen molar-refractivity contribution in [1.29, 1.82) is 0 Å². The van der Waals surface area contributed by atoms with Gasteiger partial charge < -0.3 is 5.11 Å². The molecule has 0 aromatic heterocycles. The molecule has 0 atom stereocenters. The zero-order valence-electron chi connectivity index (χ0n) is 11.6. The van der Waals surface area contributed by atoms with E-state index in [1.807, 2.05) is 4.72 Å². The molecule has 24 heavy (non-hydrogen) atoms. The molecule has 2 aromatic carbocycles. The van der Waals surface area contributed by atoms with Crippen molar-refractivity contribution in [2.45, 2.75) is 4.90 Å². The molecule has 126 valence electrons. The number of sulfonamides is 1. The first kappa shape index (κ1) is 18.0. The molecular formula is C13H8Cl2N2O6S. The van der Waals surface area contributed by atoms with Crippen molar-refractivity contribution in [3.63, 3.8) is 0 Å². The monoisotopic (exact) mass is 390 g/mol. The Morgan fingerprint density at radius 3 is 2.38 bits per heavy atom. The Balaban J connectivity index is 2.55. The van der Waals surface area contributed by atoms with E-state index in [1.54, 1.807) is 0 Å². The molecule has 8 nitrogen and oxygen atoms in total. The highest BCUT2D eigenvalue weighted by atomic mass is 35.5. The molecule has 0 radical (unpaired) electrons. The lowest BCUT2D eigenvalue weighted by atomic mass is 10.2. The Morgan fingerprint density at radius 1 is 1.17 bits per heavy atom. The molecule has 0 aliphatic heterocycles. The van der Waals surface area contributed by atoms with Crippen LogP contribution in [0.4, 0.5) is 11.4 Å². The van der Waals surface area contributed by atoms with Gasteiger partial charge in [0.05, 0.1) is 20.5 Å². The third kappa shape index (κ3) is 3.58. The molecule has 0 heterocycles. The summed E-state index contributed by atoms with van der Waals surface area (Å²) in [5.41, 5.74) is -1.22. The molecule has 0 aliphatic carbocycles. The number of carboxylic acid groups (broad SMARTS) is 1. The number of aromatic carboxylic acids is 1. The number of carbonyl (C=O) groups is 1. The summed E-state index contributed by atoms with van der Waals surface area (Å²) < 4.78 is 26.9. The van der Waals surface area contributed by atoms with Gasteiger partial charge in [0.1, 0.15) is 10.6 Å². The maximum atomic E-state index is 12.4. The molecule has 11 heteroatoms. The largest absolute Gasteiger partial charge is 0.478 e. The van der Waals surface area contributed by atoms with Crippen LogP contribution in [0.25, 0.3) is 0 Å². The summed E-state index contributed by atoms with van der Waals surface area (Å²) in [6.45, 7) is 0. The summed E-state index contributed by atoms with van der Waals surface area (Å²) >= 11 is 11.5. The van der Waals surface area contributed by atoms with Crippen LogP contribution in [-0.2, 0) is 10.0 Å². The van der Waals surface area contributed by atoms with Crippen LogP contribution in [0.2, 0.25) is 10.0 Å². The number of anilines is 1. The fourth-order valence-corrected chi connectivity index (χ4v) is 3.75. The van der Waals surface area contributed by atoms with Gasteiger partial charge >= 0.3 is 5.97 Å². The van der Waals surface area contributed by atoms with Gasteiger partial charge in [0.25, 0.3) is 15.7 Å². The van der Waals surface area contributed by atoms with Crippen molar-refractivity contribution < 1.29 is 23.2 Å². The predicted molar refractivity (Wildman–Crippen MR) is 87.3 cm³/mol. The average Bonchev–Trinajstić information content (AvgIpc) is 2.46. The lowest BCUT2D eigenvalue weighted by Gasteiger charge is -2.11. The number of nitro benzene ring substituents is 1. The second-order valence-corrected chi connectivity index (χ2v) is 6.91. The third-order valence-corrected chi connectivity index (χ3v) is 5.03. The number of nitrogens with one attached hydrogen (secondary N) is 1. The molecule has 2 rings (SSSR count). The van der Waals surface area contributed by atoms with Gasteiger partial charge in [-0.15, -0.1) is 0 Å². The first-order valence-corrected chi connectivity index (χ1v) is 8.36. The number of para-hydroxylation sites is 2. The van der Waals surface area contributed by atoms with E-state index in [2.05, 4.69) is 0 Å². The van der Waals surface area contributed by atoms with Crippen molar-refractivity contribution >= 4 is 50.6 Å². The number of hydrogen-bond donors (Lipinski definition) is 2. The fraction of sp³-hybridized carbons (Fsp3) is 0. The summed E-state index contributed by atoms with van der Waals surface area (Å²) in [6.07, 6.45) is 0. The second kappa shape index (κ2) is 6.63. The van der Waals surface area contributed by atoms with Crippen molar-refractivity contribution in [2.75, 3.05) is 4.72 Å². The maximum Gasteiger partial charge on any atom is 0.337 e. The van der Waals surface area contributed by atoms with Crippen LogP contribution >= 0.6 is 23.2 Å². The SMILES string of the molecule is O=C(O)c1cc(S(=O)(=O)Nc2ccccc2[N+](=O)[O-])c(Cl)cc1Cl. The summed E-state index contributed by atoms with van der Waals surface area (Å²) in [6, 6.07) is 6.83. The van der Waals surface area contributed by atoms with Gasteiger partial charge in [-0.1, -0.05) is 35.3 Å². The predicted octanol–water partition coefficient (Wildman–Crippen LogP) is 3.40. The summed E-state index contributed by atoms with van der Waals surface area (Å²) in [5, 5.41) is 19.4. The Morgan fingerprint density at radius 2 is 1.79 bits per heavy atom. The molecule has 0 saturated carbocycles. The van der Waals surface area contributed by atoms with E-state index in [-0.39, 0.29) is 15.7 Å². The molecule has 0 bridgehead atoms. The Labute approximate surface area is 145 Å². The van der Waals surface area contributed by atoms with Gasteiger partial charge in [0.15, 0.2) is 0 Å². The van der Waals surface area contributed by atoms with Gasteiger partial charge in [0, 0.05) is 6.07 Å². The van der Waals surface area contributed by atoms with E-state index < -0.39 is 37.1 Å². The van der Waals surface area contributed by atoms with Crippen LogP contribution in [0.3, 0.4) is 0 Å². The van der Waals surface area contributed by atoms with Crippen LogP contribution < -0.4 is 4.72 Å². The van der Waals surface area contributed by atoms with Gasteiger partial charge in [-0.25, -0.2) is 13.2 Å². The molecule has 2 N–H and O–H groups in total. The first-order chi connectivity index (χ1) is 11.1. The number of carboxylic acids is 1. The van der Waals surface area contributed by atoms with Crippen LogP contribution in [-0.4, -0.2) is 24.4 Å². The summed E-state index contributed by atoms with van der Waals surface area (Å²) in [5.74, 6) is -1.45. The summed E-state index contributed by atoms with van der Waals surface area (Å²) in [4.78, 5) is 20.7. The minimum Gasteiger partial charge on any atom is -0.478 e. The van der Waals surface area contributed by atoms with Crippen molar-refractivity contribution in [3.8, 4) is 0 Å². The van der Waals surface area contributed by atoms with Crippen molar-refractivity contribution in [2.24, 2.45) is 0 Å². The van der Waals surface area contributed by atoms with Gasteiger partial charge in [-0.3, -0.25) is 14.8 Å². The first-order valence-electron chi connectivity index (χ1n) is 6.12. The number of rotatable bonds is 5. The Kier molecular flexibility index (Phi) is 4.97. The van der Waals surface area contributed by atoms with E-state index in [0.717, 1.165) is 18.2 Å². The minimum atomic E-state index is -4.38. The standard InChI is InChI=1S/C13H8Cl2N2O6S/c14-8-6-9(15)12(5-7(8)13(18)19)24(22,23)16-10-3-1-2-4-11(10)17(20)21/h1-6,16H,(H,18,19). The third-order valence-electron chi connectivity index (χ3n) is 2.89. The second-order valence-electron chi connectivity index (χ2n) is 4.45. The average molecular weight is 391 g/mol. The molecular weight excluding hydrogens is 383 g/mol. The normalized spacial score (nSPS) is 11.1. The zero-order chi connectivity index (χ0) is 18.1. The number of nitrogens with zero attached hydrogens (tertiary/aromatic N) is 1. The van der Waals surface area contributed by atoms with Crippen LogP contribution in [0.1, 0.15) is 10.4 Å². The lowest BCUT2D eigenvalue weighted by Crippen LogP contribution is -2.15. The highest BCUT2D eigenvalue weighted by Gasteiger charge is 2.25. The van der Waals surface area contributed by atoms with E-state index in [0.29, 0.717) is 0 Å². The van der Waals surface area contributed by atoms with E-state index in [9.17, 15) is 23.3 Å². The maximum absolute atomic E-state index is 12.4. The van der Waals surface area contributed by atoms with Crippen molar-refractivity contribution in [1.82, 2.24) is 0 Å². The highest BCUT2D eigenvalue weighted by molar-refractivity contribution is 7.92. The van der Waals surface area contributed by atoms with Crippen molar-refractivity contribution in [3.05, 3.63) is 62.1 Å². The smallest absolute Gasteiger partial charge is 0.337 e. The Hall–Kier alpha value is -2.36. The van der Waals surface area contributed by atoms with E-state index in [1.165, 1.54) is 18.2 Å².